The first-order valence-electron chi connectivity index (χ1n) is 7.18. The number of para-hydroxylation sites is 1. The second-order valence-electron chi connectivity index (χ2n) is 5.27. The summed E-state index contributed by atoms with van der Waals surface area (Å²) in [5, 5.41) is 12.8. The van der Waals surface area contributed by atoms with Gasteiger partial charge in [0.05, 0.1) is 11.1 Å². The lowest BCUT2D eigenvalue weighted by molar-refractivity contribution is -0.139. The van der Waals surface area contributed by atoms with E-state index in [0.29, 0.717) is 5.56 Å². The Kier molecular flexibility index (Phi) is 4.65. The van der Waals surface area contributed by atoms with Crippen LogP contribution in [0.3, 0.4) is 0 Å². The van der Waals surface area contributed by atoms with Crippen LogP contribution in [-0.2, 0) is 4.79 Å². The molecule has 116 valence electrons. The number of aryl methyl sites for hydroxylation is 2. The molecule has 1 aromatic carbocycles. The Morgan fingerprint density at radius 3 is 2.73 bits per heavy atom. The molecular weight excluding hydrogens is 280 g/mol. The number of nitrogens with one attached hydrogen (secondary N) is 2. The Bertz CT molecular complexity index is 744. The zero-order valence-corrected chi connectivity index (χ0v) is 12.9. The van der Waals surface area contributed by atoms with E-state index in [1.165, 1.54) is 0 Å². The zero-order valence-electron chi connectivity index (χ0n) is 12.9. The SMILES string of the molecule is C/C=C/CC(NC(=O)c1cccc2c(C)c(C)[nH]c12)C(=O)O. The molecule has 1 aromatic heterocycles. The highest BCUT2D eigenvalue weighted by Gasteiger charge is 2.21. The van der Waals surface area contributed by atoms with E-state index in [-0.39, 0.29) is 12.3 Å². The molecule has 0 radical (unpaired) electrons. The second kappa shape index (κ2) is 6.47. The van der Waals surface area contributed by atoms with Crippen molar-refractivity contribution in [2.45, 2.75) is 33.2 Å². The summed E-state index contributed by atoms with van der Waals surface area (Å²) in [5.41, 5.74) is 3.29. The summed E-state index contributed by atoms with van der Waals surface area (Å²) in [6.07, 6.45) is 3.75. The lowest BCUT2D eigenvalue weighted by atomic mass is 10.1. The molecule has 5 heteroatoms. The molecule has 22 heavy (non-hydrogen) atoms. The molecule has 2 rings (SSSR count). The summed E-state index contributed by atoms with van der Waals surface area (Å²) >= 11 is 0. The first-order valence-corrected chi connectivity index (χ1v) is 7.18. The van der Waals surface area contributed by atoms with Gasteiger partial charge in [-0.2, -0.15) is 0 Å². The van der Waals surface area contributed by atoms with Gasteiger partial charge in [-0.15, -0.1) is 0 Å². The first-order chi connectivity index (χ1) is 10.5. The smallest absolute Gasteiger partial charge is 0.326 e. The number of aromatic amines is 1. The van der Waals surface area contributed by atoms with Crippen molar-refractivity contribution in [2.24, 2.45) is 0 Å². The maximum absolute atomic E-state index is 12.4. The van der Waals surface area contributed by atoms with Gasteiger partial charge in [0.15, 0.2) is 0 Å². The van der Waals surface area contributed by atoms with Crippen molar-refractivity contribution < 1.29 is 14.7 Å². The molecule has 5 nitrogen and oxygen atoms in total. The molecule has 0 aliphatic carbocycles. The molecule has 0 aliphatic heterocycles. The van der Waals surface area contributed by atoms with Gasteiger partial charge in [-0.3, -0.25) is 4.79 Å². The molecule has 1 unspecified atom stereocenters. The van der Waals surface area contributed by atoms with Crippen molar-refractivity contribution in [3.8, 4) is 0 Å². The number of benzene rings is 1. The summed E-state index contributed by atoms with van der Waals surface area (Å²) in [6, 6.07) is 4.51. The fraction of sp³-hybridized carbons (Fsp3) is 0.294. The highest BCUT2D eigenvalue weighted by atomic mass is 16.4. The van der Waals surface area contributed by atoms with Crippen LogP contribution in [0.15, 0.2) is 30.4 Å². The van der Waals surface area contributed by atoms with Gasteiger partial charge in [-0.1, -0.05) is 24.3 Å². The summed E-state index contributed by atoms with van der Waals surface area (Å²) in [5.74, 6) is -1.43. The first kappa shape index (κ1) is 15.8. The van der Waals surface area contributed by atoms with Crippen molar-refractivity contribution in [2.75, 3.05) is 0 Å². The second-order valence-corrected chi connectivity index (χ2v) is 5.27. The average molecular weight is 300 g/mol. The number of rotatable bonds is 5. The Balaban J connectivity index is 2.33. The van der Waals surface area contributed by atoms with Crippen LogP contribution < -0.4 is 5.32 Å². The molecule has 2 aromatic rings. The predicted molar refractivity (Wildman–Crippen MR) is 86.1 cm³/mol. The third kappa shape index (κ3) is 3.03. The largest absolute Gasteiger partial charge is 0.480 e. The number of carbonyl (C=O) groups excluding carboxylic acids is 1. The van der Waals surface area contributed by atoms with Gasteiger partial charge < -0.3 is 15.4 Å². The van der Waals surface area contributed by atoms with Gasteiger partial charge in [0.25, 0.3) is 5.91 Å². The zero-order chi connectivity index (χ0) is 16.3. The molecule has 0 fully saturated rings. The Morgan fingerprint density at radius 1 is 1.36 bits per heavy atom. The van der Waals surface area contributed by atoms with E-state index < -0.39 is 12.0 Å². The number of fused-ring (bicyclic) bond motifs is 1. The molecular formula is C17H20N2O3. The summed E-state index contributed by atoms with van der Waals surface area (Å²) in [4.78, 5) is 26.9. The predicted octanol–water partition coefficient (Wildman–Crippen LogP) is 2.93. The maximum atomic E-state index is 12.4. The van der Waals surface area contributed by atoms with Crippen LogP contribution in [0.1, 0.15) is 35.0 Å². The number of aromatic nitrogens is 1. The number of carboxylic acid groups (broad SMARTS) is 1. The molecule has 3 N–H and O–H groups in total. The number of H-pyrrole nitrogens is 1. The van der Waals surface area contributed by atoms with Crippen molar-refractivity contribution in [3.05, 3.63) is 47.2 Å². The van der Waals surface area contributed by atoms with Crippen LogP contribution >= 0.6 is 0 Å². The van der Waals surface area contributed by atoms with E-state index in [0.717, 1.165) is 22.2 Å². The monoisotopic (exact) mass is 300 g/mol. The van der Waals surface area contributed by atoms with Crippen LogP contribution in [0.2, 0.25) is 0 Å². The van der Waals surface area contributed by atoms with Crippen LogP contribution in [0.25, 0.3) is 10.9 Å². The van der Waals surface area contributed by atoms with E-state index >= 15 is 0 Å². The van der Waals surface area contributed by atoms with Gasteiger partial charge in [-0.05, 0) is 38.8 Å². The molecule has 0 aliphatic rings. The normalized spacial score (nSPS) is 12.7. The van der Waals surface area contributed by atoms with Gasteiger partial charge in [0.2, 0.25) is 0 Å². The summed E-state index contributed by atoms with van der Waals surface area (Å²) in [6.45, 7) is 5.75. The van der Waals surface area contributed by atoms with Gasteiger partial charge in [0.1, 0.15) is 6.04 Å². The average Bonchev–Trinajstić information content (AvgIpc) is 2.78. The topological polar surface area (TPSA) is 82.2 Å². The number of hydrogen-bond acceptors (Lipinski definition) is 2. The highest BCUT2D eigenvalue weighted by molar-refractivity contribution is 6.07. The quantitative estimate of drug-likeness (QED) is 0.742. The third-order valence-electron chi connectivity index (χ3n) is 3.80. The number of aliphatic carboxylic acids is 1. The fourth-order valence-electron chi connectivity index (χ4n) is 2.40. The molecule has 0 saturated carbocycles. The molecule has 0 spiro atoms. The lowest BCUT2D eigenvalue weighted by Gasteiger charge is -2.13. The van der Waals surface area contributed by atoms with Crippen molar-refractivity contribution >= 4 is 22.8 Å². The van der Waals surface area contributed by atoms with Crippen LogP contribution in [0, 0.1) is 13.8 Å². The maximum Gasteiger partial charge on any atom is 0.326 e. The molecule has 0 bridgehead atoms. The van der Waals surface area contributed by atoms with Gasteiger partial charge >= 0.3 is 5.97 Å². The van der Waals surface area contributed by atoms with Crippen molar-refractivity contribution in [1.82, 2.24) is 10.3 Å². The molecule has 1 heterocycles. The van der Waals surface area contributed by atoms with Crippen LogP contribution in [0.5, 0.6) is 0 Å². The Labute approximate surface area is 129 Å². The number of carboxylic acids is 1. The van der Waals surface area contributed by atoms with Gasteiger partial charge in [0, 0.05) is 11.1 Å². The van der Waals surface area contributed by atoms with Crippen LogP contribution in [-0.4, -0.2) is 28.0 Å². The standard InChI is InChI=1S/C17H20N2O3/c1-4-5-9-14(17(21)22)19-16(20)13-8-6-7-12-10(2)11(3)18-15(12)13/h4-8,14,18H,9H2,1-3H3,(H,19,20)(H,21,22)/b5-4+. The molecule has 0 saturated heterocycles. The Hall–Kier alpha value is -2.56. The minimum atomic E-state index is -1.04. The van der Waals surface area contributed by atoms with E-state index in [9.17, 15) is 14.7 Å². The molecule has 1 amide bonds. The van der Waals surface area contributed by atoms with E-state index in [4.69, 9.17) is 0 Å². The lowest BCUT2D eigenvalue weighted by Crippen LogP contribution is -2.40. The summed E-state index contributed by atoms with van der Waals surface area (Å²) in [7, 11) is 0. The highest BCUT2D eigenvalue weighted by Crippen LogP contribution is 2.24. The number of amides is 1. The minimum absolute atomic E-state index is 0.260. The number of hydrogen-bond donors (Lipinski definition) is 3. The van der Waals surface area contributed by atoms with Crippen LogP contribution in [0.4, 0.5) is 0 Å². The van der Waals surface area contributed by atoms with Gasteiger partial charge in [-0.25, -0.2) is 4.79 Å². The van der Waals surface area contributed by atoms with E-state index in [1.807, 2.05) is 26.8 Å². The summed E-state index contributed by atoms with van der Waals surface area (Å²) < 4.78 is 0. The number of allylic oxidation sites excluding steroid dienone is 1. The van der Waals surface area contributed by atoms with E-state index in [2.05, 4.69) is 10.3 Å². The third-order valence-corrected chi connectivity index (χ3v) is 3.80. The fourth-order valence-corrected chi connectivity index (χ4v) is 2.40. The molecule has 1 atom stereocenters. The van der Waals surface area contributed by atoms with E-state index in [1.54, 1.807) is 24.3 Å². The van der Waals surface area contributed by atoms with Crippen molar-refractivity contribution in [3.63, 3.8) is 0 Å². The van der Waals surface area contributed by atoms with Crippen molar-refractivity contribution in [1.29, 1.82) is 0 Å². The number of carbonyl (C=O) groups is 2. The Morgan fingerprint density at radius 2 is 2.09 bits per heavy atom. The minimum Gasteiger partial charge on any atom is -0.480 e.